The molecule has 0 bridgehead atoms. The number of piperidine rings is 1. The summed E-state index contributed by atoms with van der Waals surface area (Å²) in [7, 11) is 1.98. The molecule has 2 rings (SSSR count). The van der Waals surface area contributed by atoms with Crippen molar-refractivity contribution >= 4 is 5.82 Å². The van der Waals surface area contributed by atoms with Crippen LogP contribution < -0.4 is 10.2 Å². The van der Waals surface area contributed by atoms with Gasteiger partial charge in [0.25, 0.3) is 0 Å². The highest BCUT2D eigenvalue weighted by Gasteiger charge is 2.32. The highest BCUT2D eigenvalue weighted by atomic mass is 15.3. The number of hydrogen-bond donors (Lipinski definition) is 1. The normalized spacial score (nSPS) is 29.6. The smallest absolute Gasteiger partial charge is 0.150 e. The SMILES string of the molecule is CCNC1CCN(c2ccn(C)n2)C(C)C1C. The third kappa shape index (κ3) is 2.46. The first-order valence-electron chi connectivity index (χ1n) is 6.63. The summed E-state index contributed by atoms with van der Waals surface area (Å²) in [5, 5.41) is 8.10. The summed E-state index contributed by atoms with van der Waals surface area (Å²) in [5.74, 6) is 1.77. The Hall–Kier alpha value is -1.03. The van der Waals surface area contributed by atoms with Crippen LogP contribution in [0.5, 0.6) is 0 Å². The highest BCUT2D eigenvalue weighted by Crippen LogP contribution is 2.27. The molecule has 0 spiro atoms. The van der Waals surface area contributed by atoms with Gasteiger partial charge in [0.2, 0.25) is 0 Å². The number of aryl methyl sites for hydroxylation is 1. The molecule has 1 aliphatic rings. The van der Waals surface area contributed by atoms with Crippen molar-refractivity contribution < 1.29 is 0 Å². The second kappa shape index (κ2) is 5.08. The maximum Gasteiger partial charge on any atom is 0.150 e. The second-order valence-corrected chi connectivity index (χ2v) is 5.09. The molecule has 0 amide bonds. The molecule has 1 aliphatic heterocycles. The summed E-state index contributed by atoms with van der Waals surface area (Å²) in [4.78, 5) is 2.43. The lowest BCUT2D eigenvalue weighted by Gasteiger charge is -2.43. The van der Waals surface area contributed by atoms with E-state index in [-0.39, 0.29) is 0 Å². The topological polar surface area (TPSA) is 33.1 Å². The van der Waals surface area contributed by atoms with Crippen LogP contribution >= 0.6 is 0 Å². The number of rotatable bonds is 3. The molecule has 3 atom stereocenters. The molecule has 4 nitrogen and oxygen atoms in total. The maximum atomic E-state index is 4.51. The quantitative estimate of drug-likeness (QED) is 0.866. The predicted molar refractivity (Wildman–Crippen MR) is 71.3 cm³/mol. The summed E-state index contributed by atoms with van der Waals surface area (Å²) in [6, 6.07) is 3.30. The molecule has 0 saturated carbocycles. The van der Waals surface area contributed by atoms with Crippen LogP contribution in [0.15, 0.2) is 12.3 Å². The van der Waals surface area contributed by atoms with Gasteiger partial charge in [-0.15, -0.1) is 0 Å². The van der Waals surface area contributed by atoms with Gasteiger partial charge in [-0.25, -0.2) is 0 Å². The van der Waals surface area contributed by atoms with Gasteiger partial charge in [-0.2, -0.15) is 5.10 Å². The number of anilines is 1. The first-order chi connectivity index (χ1) is 8.13. The molecule has 0 radical (unpaired) electrons. The standard InChI is InChI=1S/C13H24N4/c1-5-14-12-6-9-17(11(3)10(12)2)13-7-8-16(4)15-13/h7-8,10-12,14H,5-6,9H2,1-4H3. The van der Waals surface area contributed by atoms with Gasteiger partial charge in [-0.1, -0.05) is 13.8 Å². The molecule has 1 N–H and O–H groups in total. The van der Waals surface area contributed by atoms with Crippen molar-refractivity contribution in [1.82, 2.24) is 15.1 Å². The van der Waals surface area contributed by atoms with Crippen LogP contribution in [0.3, 0.4) is 0 Å². The zero-order valence-corrected chi connectivity index (χ0v) is 11.3. The number of aromatic nitrogens is 2. The molecule has 96 valence electrons. The first-order valence-corrected chi connectivity index (χ1v) is 6.63. The molecule has 1 fully saturated rings. The van der Waals surface area contributed by atoms with Crippen LogP contribution in [0.4, 0.5) is 5.82 Å². The Morgan fingerprint density at radius 2 is 2.24 bits per heavy atom. The molecule has 4 heteroatoms. The van der Waals surface area contributed by atoms with Crippen molar-refractivity contribution in [3.05, 3.63) is 12.3 Å². The van der Waals surface area contributed by atoms with Crippen molar-refractivity contribution in [2.45, 2.75) is 39.3 Å². The lowest BCUT2D eigenvalue weighted by atomic mass is 9.87. The van der Waals surface area contributed by atoms with Crippen LogP contribution in [0.1, 0.15) is 27.2 Å². The Kier molecular flexibility index (Phi) is 3.72. The third-order valence-electron chi connectivity index (χ3n) is 4.03. The van der Waals surface area contributed by atoms with Crippen molar-refractivity contribution in [1.29, 1.82) is 0 Å². The average Bonchev–Trinajstić information content (AvgIpc) is 2.72. The first kappa shape index (κ1) is 12.4. The highest BCUT2D eigenvalue weighted by molar-refractivity contribution is 5.39. The molecule has 1 aromatic rings. The van der Waals surface area contributed by atoms with Gasteiger partial charge in [0.15, 0.2) is 5.82 Å². The summed E-state index contributed by atoms with van der Waals surface area (Å²) in [6.45, 7) is 8.99. The monoisotopic (exact) mass is 236 g/mol. The van der Waals surface area contributed by atoms with E-state index in [2.05, 4.69) is 42.2 Å². The molecule has 2 heterocycles. The van der Waals surface area contributed by atoms with E-state index in [0.29, 0.717) is 18.0 Å². The fourth-order valence-corrected chi connectivity index (χ4v) is 2.79. The van der Waals surface area contributed by atoms with Crippen LogP contribution in [-0.4, -0.2) is 35.0 Å². The molecular weight excluding hydrogens is 212 g/mol. The lowest BCUT2D eigenvalue weighted by molar-refractivity contribution is 0.273. The van der Waals surface area contributed by atoms with Gasteiger partial charge in [0, 0.05) is 37.9 Å². The predicted octanol–water partition coefficient (Wildman–Crippen LogP) is 1.63. The van der Waals surface area contributed by atoms with Gasteiger partial charge in [-0.3, -0.25) is 4.68 Å². The molecule has 3 unspecified atom stereocenters. The molecule has 0 aliphatic carbocycles. The Labute approximate surface area is 104 Å². The van der Waals surface area contributed by atoms with Crippen molar-refractivity contribution in [3.8, 4) is 0 Å². The van der Waals surface area contributed by atoms with Gasteiger partial charge in [0.05, 0.1) is 0 Å². The van der Waals surface area contributed by atoms with E-state index in [9.17, 15) is 0 Å². The average molecular weight is 236 g/mol. The minimum atomic E-state index is 0.544. The Bertz CT molecular complexity index is 360. The molecule has 0 aromatic carbocycles. The minimum Gasteiger partial charge on any atom is -0.352 e. The van der Waals surface area contributed by atoms with E-state index < -0.39 is 0 Å². The number of nitrogens with one attached hydrogen (secondary N) is 1. The van der Waals surface area contributed by atoms with Crippen molar-refractivity contribution in [2.75, 3.05) is 18.0 Å². The van der Waals surface area contributed by atoms with Gasteiger partial charge in [-0.05, 0) is 25.8 Å². The molecule has 1 aromatic heterocycles. The van der Waals surface area contributed by atoms with E-state index in [1.54, 1.807) is 0 Å². The van der Waals surface area contributed by atoms with E-state index in [1.165, 1.54) is 6.42 Å². The summed E-state index contributed by atoms with van der Waals surface area (Å²) < 4.78 is 1.88. The second-order valence-electron chi connectivity index (χ2n) is 5.09. The Balaban J connectivity index is 2.08. The minimum absolute atomic E-state index is 0.544. The van der Waals surface area contributed by atoms with Crippen molar-refractivity contribution in [3.63, 3.8) is 0 Å². The van der Waals surface area contributed by atoms with Crippen LogP contribution in [0.25, 0.3) is 0 Å². The summed E-state index contributed by atoms with van der Waals surface area (Å²) >= 11 is 0. The Morgan fingerprint density at radius 3 is 2.82 bits per heavy atom. The van der Waals surface area contributed by atoms with Gasteiger partial charge < -0.3 is 10.2 Å². The summed E-state index contributed by atoms with van der Waals surface area (Å²) in [5.41, 5.74) is 0. The maximum absolute atomic E-state index is 4.51. The number of hydrogen-bond acceptors (Lipinski definition) is 3. The van der Waals surface area contributed by atoms with E-state index >= 15 is 0 Å². The van der Waals surface area contributed by atoms with E-state index in [1.807, 2.05) is 17.9 Å². The lowest BCUT2D eigenvalue weighted by Crippen LogP contribution is -2.53. The van der Waals surface area contributed by atoms with Crippen LogP contribution in [0.2, 0.25) is 0 Å². The van der Waals surface area contributed by atoms with Gasteiger partial charge >= 0.3 is 0 Å². The zero-order valence-electron chi connectivity index (χ0n) is 11.3. The largest absolute Gasteiger partial charge is 0.352 e. The Morgan fingerprint density at radius 1 is 1.47 bits per heavy atom. The third-order valence-corrected chi connectivity index (χ3v) is 4.03. The zero-order chi connectivity index (χ0) is 12.4. The molecule has 1 saturated heterocycles. The molecular formula is C13H24N4. The van der Waals surface area contributed by atoms with E-state index in [0.717, 1.165) is 18.9 Å². The van der Waals surface area contributed by atoms with E-state index in [4.69, 9.17) is 0 Å². The number of nitrogens with zero attached hydrogens (tertiary/aromatic N) is 3. The van der Waals surface area contributed by atoms with Crippen LogP contribution in [0, 0.1) is 5.92 Å². The summed E-state index contributed by atoms with van der Waals surface area (Å²) in [6.07, 6.45) is 3.22. The fraction of sp³-hybridized carbons (Fsp3) is 0.769. The van der Waals surface area contributed by atoms with Crippen molar-refractivity contribution in [2.24, 2.45) is 13.0 Å². The fourth-order valence-electron chi connectivity index (χ4n) is 2.79. The van der Waals surface area contributed by atoms with Crippen LogP contribution in [-0.2, 0) is 7.05 Å². The molecule has 17 heavy (non-hydrogen) atoms. The van der Waals surface area contributed by atoms with Gasteiger partial charge in [0.1, 0.15) is 0 Å².